The Balaban J connectivity index is 2.83. The van der Waals surface area contributed by atoms with E-state index >= 15 is 0 Å². The maximum Gasteiger partial charge on any atom is 0.0606 e. The second-order valence-corrected chi connectivity index (χ2v) is 2.06. The summed E-state index contributed by atoms with van der Waals surface area (Å²) in [5, 5.41) is 6.72. The Morgan fingerprint density at radius 3 is 3.00 bits per heavy atom. The summed E-state index contributed by atoms with van der Waals surface area (Å²) in [4.78, 5) is 0. The van der Waals surface area contributed by atoms with E-state index < -0.39 is 0 Å². The van der Waals surface area contributed by atoms with Crippen molar-refractivity contribution in [3.8, 4) is 0 Å². The SMILES string of the molecule is C=CC=Cc1[nH]ncc1C. The standard InChI is InChI=1S/C8H10N2/c1-3-4-5-8-7(2)6-9-10-8/h3-6H,1H2,2H3,(H,9,10). The van der Waals surface area contributed by atoms with Gasteiger partial charge in [0.1, 0.15) is 0 Å². The zero-order chi connectivity index (χ0) is 7.40. The van der Waals surface area contributed by atoms with Crippen molar-refractivity contribution in [1.82, 2.24) is 10.2 Å². The first-order valence-electron chi connectivity index (χ1n) is 3.13. The molecule has 0 aliphatic rings. The monoisotopic (exact) mass is 134 g/mol. The number of H-pyrrole nitrogens is 1. The van der Waals surface area contributed by atoms with E-state index in [1.165, 1.54) is 0 Å². The fourth-order valence-corrected chi connectivity index (χ4v) is 0.689. The molecule has 0 fully saturated rings. The van der Waals surface area contributed by atoms with Crippen LogP contribution in [0.2, 0.25) is 0 Å². The Kier molecular flexibility index (Phi) is 2.05. The molecule has 0 spiro atoms. The zero-order valence-corrected chi connectivity index (χ0v) is 5.96. The number of hydrogen-bond acceptors (Lipinski definition) is 1. The van der Waals surface area contributed by atoms with Gasteiger partial charge in [-0.25, -0.2) is 0 Å². The van der Waals surface area contributed by atoms with Crippen LogP contribution in [0.1, 0.15) is 11.3 Å². The van der Waals surface area contributed by atoms with Gasteiger partial charge >= 0.3 is 0 Å². The maximum atomic E-state index is 3.86. The fraction of sp³-hybridized carbons (Fsp3) is 0.125. The quantitative estimate of drug-likeness (QED) is 0.615. The van der Waals surface area contributed by atoms with Crippen LogP contribution in [-0.4, -0.2) is 10.2 Å². The van der Waals surface area contributed by atoms with Gasteiger partial charge in [-0.1, -0.05) is 18.7 Å². The molecule has 1 aromatic rings. The van der Waals surface area contributed by atoms with Gasteiger partial charge in [-0.15, -0.1) is 0 Å². The number of allylic oxidation sites excluding steroid dienone is 2. The molecule has 1 aromatic heterocycles. The van der Waals surface area contributed by atoms with Crippen molar-refractivity contribution in [2.45, 2.75) is 6.92 Å². The molecule has 0 unspecified atom stereocenters. The third kappa shape index (κ3) is 1.35. The van der Waals surface area contributed by atoms with Crippen molar-refractivity contribution in [1.29, 1.82) is 0 Å². The summed E-state index contributed by atoms with van der Waals surface area (Å²) in [5.74, 6) is 0. The highest BCUT2D eigenvalue weighted by Crippen LogP contribution is 2.03. The number of aromatic amines is 1. The Morgan fingerprint density at radius 2 is 2.50 bits per heavy atom. The number of nitrogens with zero attached hydrogens (tertiary/aromatic N) is 1. The average Bonchev–Trinajstić information content (AvgIpc) is 2.31. The van der Waals surface area contributed by atoms with E-state index in [4.69, 9.17) is 0 Å². The first-order valence-corrected chi connectivity index (χ1v) is 3.13. The van der Waals surface area contributed by atoms with Crippen LogP contribution in [0.25, 0.3) is 6.08 Å². The van der Waals surface area contributed by atoms with Gasteiger partial charge < -0.3 is 0 Å². The van der Waals surface area contributed by atoms with Gasteiger partial charge in [0.2, 0.25) is 0 Å². The van der Waals surface area contributed by atoms with Gasteiger partial charge in [-0.05, 0) is 18.6 Å². The summed E-state index contributed by atoms with van der Waals surface area (Å²) < 4.78 is 0. The lowest BCUT2D eigenvalue weighted by Crippen LogP contribution is -1.73. The predicted molar refractivity (Wildman–Crippen MR) is 42.6 cm³/mol. The minimum absolute atomic E-state index is 1.04. The first kappa shape index (κ1) is 6.81. The van der Waals surface area contributed by atoms with Crippen LogP contribution in [0.5, 0.6) is 0 Å². The highest BCUT2D eigenvalue weighted by Gasteiger charge is 1.91. The smallest absolute Gasteiger partial charge is 0.0606 e. The molecule has 10 heavy (non-hydrogen) atoms. The molecule has 0 bridgehead atoms. The van der Waals surface area contributed by atoms with Gasteiger partial charge in [0.25, 0.3) is 0 Å². The van der Waals surface area contributed by atoms with Gasteiger partial charge in [-0.2, -0.15) is 5.10 Å². The van der Waals surface area contributed by atoms with Crippen molar-refractivity contribution in [3.63, 3.8) is 0 Å². The van der Waals surface area contributed by atoms with E-state index in [2.05, 4.69) is 16.8 Å². The molecule has 1 rings (SSSR count). The zero-order valence-electron chi connectivity index (χ0n) is 5.96. The topological polar surface area (TPSA) is 28.7 Å². The third-order valence-electron chi connectivity index (χ3n) is 1.27. The minimum Gasteiger partial charge on any atom is -0.278 e. The molecule has 0 radical (unpaired) electrons. The summed E-state index contributed by atoms with van der Waals surface area (Å²) in [7, 11) is 0. The normalized spacial score (nSPS) is 10.5. The van der Waals surface area contributed by atoms with Crippen molar-refractivity contribution in [3.05, 3.63) is 36.2 Å². The van der Waals surface area contributed by atoms with Crippen LogP contribution >= 0.6 is 0 Å². The molecule has 0 aliphatic heterocycles. The van der Waals surface area contributed by atoms with Gasteiger partial charge in [0.05, 0.1) is 11.9 Å². The van der Waals surface area contributed by atoms with Crippen LogP contribution in [-0.2, 0) is 0 Å². The molecule has 0 aromatic carbocycles. The van der Waals surface area contributed by atoms with Crippen LogP contribution in [0.3, 0.4) is 0 Å². The highest BCUT2D eigenvalue weighted by atomic mass is 15.1. The van der Waals surface area contributed by atoms with Crippen LogP contribution in [0.15, 0.2) is 24.9 Å². The number of aryl methyl sites for hydroxylation is 1. The van der Waals surface area contributed by atoms with Crippen molar-refractivity contribution in [2.24, 2.45) is 0 Å². The Bertz CT molecular complexity index is 246. The molecule has 0 amide bonds. The van der Waals surface area contributed by atoms with Crippen LogP contribution < -0.4 is 0 Å². The number of nitrogens with one attached hydrogen (secondary N) is 1. The van der Waals surface area contributed by atoms with E-state index in [1.54, 1.807) is 12.3 Å². The lowest BCUT2D eigenvalue weighted by Gasteiger charge is -1.84. The van der Waals surface area contributed by atoms with E-state index in [0.717, 1.165) is 11.3 Å². The first-order chi connectivity index (χ1) is 4.84. The molecule has 0 saturated heterocycles. The Hall–Kier alpha value is -1.31. The van der Waals surface area contributed by atoms with E-state index in [0.29, 0.717) is 0 Å². The molecule has 2 heteroatoms. The molecule has 0 atom stereocenters. The summed E-state index contributed by atoms with van der Waals surface area (Å²) in [6, 6.07) is 0. The minimum atomic E-state index is 1.04. The van der Waals surface area contributed by atoms with E-state index in [1.807, 2.05) is 19.1 Å². The molecule has 0 saturated carbocycles. The molecular formula is C8H10N2. The highest BCUT2D eigenvalue weighted by molar-refractivity contribution is 5.49. The molecule has 0 aliphatic carbocycles. The fourth-order valence-electron chi connectivity index (χ4n) is 0.689. The van der Waals surface area contributed by atoms with Crippen molar-refractivity contribution >= 4 is 6.08 Å². The maximum absolute atomic E-state index is 3.86. The van der Waals surface area contributed by atoms with Crippen molar-refractivity contribution in [2.75, 3.05) is 0 Å². The molecular weight excluding hydrogens is 124 g/mol. The average molecular weight is 134 g/mol. The summed E-state index contributed by atoms with van der Waals surface area (Å²) in [5.41, 5.74) is 2.19. The van der Waals surface area contributed by atoms with Crippen LogP contribution in [0.4, 0.5) is 0 Å². The molecule has 2 nitrogen and oxygen atoms in total. The lowest BCUT2D eigenvalue weighted by atomic mass is 10.2. The molecule has 1 N–H and O–H groups in total. The number of aromatic nitrogens is 2. The third-order valence-corrected chi connectivity index (χ3v) is 1.27. The van der Waals surface area contributed by atoms with E-state index in [-0.39, 0.29) is 0 Å². The summed E-state index contributed by atoms with van der Waals surface area (Å²) >= 11 is 0. The second kappa shape index (κ2) is 3.01. The second-order valence-electron chi connectivity index (χ2n) is 2.06. The summed E-state index contributed by atoms with van der Waals surface area (Å²) in [6.45, 7) is 5.57. The summed E-state index contributed by atoms with van der Waals surface area (Å²) in [6.07, 6.45) is 7.35. The van der Waals surface area contributed by atoms with Crippen molar-refractivity contribution < 1.29 is 0 Å². The van der Waals surface area contributed by atoms with Crippen LogP contribution in [0, 0.1) is 6.92 Å². The molecule has 52 valence electrons. The Morgan fingerprint density at radius 1 is 1.70 bits per heavy atom. The van der Waals surface area contributed by atoms with Gasteiger partial charge in [-0.3, -0.25) is 5.10 Å². The predicted octanol–water partition coefficient (Wildman–Crippen LogP) is 1.92. The molecule has 1 heterocycles. The van der Waals surface area contributed by atoms with Gasteiger partial charge in [0, 0.05) is 0 Å². The number of hydrogen-bond donors (Lipinski definition) is 1. The van der Waals surface area contributed by atoms with E-state index in [9.17, 15) is 0 Å². The Labute approximate surface area is 60.3 Å². The van der Waals surface area contributed by atoms with Gasteiger partial charge in [0.15, 0.2) is 0 Å². The number of rotatable bonds is 2. The largest absolute Gasteiger partial charge is 0.278 e. The lowest BCUT2D eigenvalue weighted by molar-refractivity contribution is 1.08.